The second-order valence-corrected chi connectivity index (χ2v) is 7.19. The minimum atomic E-state index is 0. The quantitative estimate of drug-likeness (QED) is 0.537. The van der Waals surface area contributed by atoms with Crippen LogP contribution in [0, 0.1) is 5.41 Å². The standard InChI is InChI=1S/C18H22N4S.2ClH/c19-18(17-2-1-11-23-17)21-14-3-4-16-13(12-14)7-10-22(16)15-5-8-20-9-6-15;;/h1-4,11-12,15,20H,5-10H2,(H2,19,21);2*1H. The number of halogens is 2. The van der Waals surface area contributed by atoms with Crippen molar-refractivity contribution < 1.29 is 0 Å². The Morgan fingerprint density at radius 1 is 1.20 bits per heavy atom. The predicted octanol–water partition coefficient (Wildman–Crippen LogP) is 4.14. The summed E-state index contributed by atoms with van der Waals surface area (Å²) in [5.41, 5.74) is 3.83. The summed E-state index contributed by atoms with van der Waals surface area (Å²) in [7, 11) is 0. The molecular weight excluding hydrogens is 375 g/mol. The molecular formula is C18H24Cl2N4S. The van der Waals surface area contributed by atoms with Crippen molar-refractivity contribution in [2.75, 3.05) is 29.9 Å². The van der Waals surface area contributed by atoms with Gasteiger partial charge in [0, 0.05) is 24.0 Å². The molecule has 2 aromatic rings. The van der Waals surface area contributed by atoms with E-state index in [0.29, 0.717) is 11.9 Å². The van der Waals surface area contributed by atoms with Gasteiger partial charge in [-0.3, -0.25) is 5.41 Å². The van der Waals surface area contributed by atoms with Gasteiger partial charge >= 0.3 is 0 Å². The first-order chi connectivity index (χ1) is 11.3. The molecule has 0 spiro atoms. The average molecular weight is 399 g/mol. The molecule has 7 heteroatoms. The summed E-state index contributed by atoms with van der Waals surface area (Å²) in [6, 6.07) is 11.2. The van der Waals surface area contributed by atoms with Gasteiger partial charge in [0.05, 0.1) is 4.88 Å². The van der Waals surface area contributed by atoms with Crippen molar-refractivity contribution in [2.45, 2.75) is 25.3 Å². The van der Waals surface area contributed by atoms with Gasteiger partial charge in [0.1, 0.15) is 5.84 Å². The van der Waals surface area contributed by atoms with Crippen LogP contribution in [0.5, 0.6) is 0 Å². The van der Waals surface area contributed by atoms with Gasteiger partial charge in [-0.15, -0.1) is 36.2 Å². The summed E-state index contributed by atoms with van der Waals surface area (Å²) in [5, 5.41) is 16.8. The normalized spacial score (nSPS) is 16.6. The fourth-order valence-corrected chi connectivity index (χ4v) is 4.26. The van der Waals surface area contributed by atoms with Gasteiger partial charge in [-0.2, -0.15) is 0 Å². The Balaban J connectivity index is 0.00000113. The van der Waals surface area contributed by atoms with Crippen LogP contribution in [0.2, 0.25) is 0 Å². The zero-order valence-electron chi connectivity index (χ0n) is 14.0. The maximum atomic E-state index is 8.16. The minimum absolute atomic E-state index is 0. The number of anilines is 2. The molecule has 1 fully saturated rings. The van der Waals surface area contributed by atoms with Crippen LogP contribution in [0.25, 0.3) is 0 Å². The lowest BCUT2D eigenvalue weighted by Crippen LogP contribution is -2.42. The lowest BCUT2D eigenvalue weighted by molar-refractivity contribution is 0.435. The average Bonchev–Trinajstić information content (AvgIpc) is 3.25. The highest BCUT2D eigenvalue weighted by Crippen LogP contribution is 2.33. The third-order valence-corrected chi connectivity index (χ3v) is 5.68. The van der Waals surface area contributed by atoms with E-state index in [1.54, 1.807) is 11.3 Å². The summed E-state index contributed by atoms with van der Waals surface area (Å²) in [4.78, 5) is 3.56. The Bertz CT molecular complexity index is 699. The molecule has 25 heavy (non-hydrogen) atoms. The third-order valence-electron chi connectivity index (χ3n) is 4.80. The molecule has 2 aliphatic heterocycles. The SMILES string of the molecule is Cl.Cl.N=C(Nc1ccc2c(c1)CCN2C1CCNCC1)c1cccs1. The van der Waals surface area contributed by atoms with Crippen molar-refractivity contribution in [3.8, 4) is 0 Å². The number of amidine groups is 1. The molecule has 3 heterocycles. The van der Waals surface area contributed by atoms with Crippen LogP contribution in [0.15, 0.2) is 35.7 Å². The maximum absolute atomic E-state index is 8.16. The fourth-order valence-electron chi connectivity index (χ4n) is 3.63. The molecule has 0 bridgehead atoms. The van der Waals surface area contributed by atoms with Gasteiger partial charge in [0.25, 0.3) is 0 Å². The van der Waals surface area contributed by atoms with E-state index in [1.165, 1.54) is 24.1 Å². The van der Waals surface area contributed by atoms with Crippen molar-refractivity contribution in [1.82, 2.24) is 5.32 Å². The van der Waals surface area contributed by atoms with Crippen LogP contribution >= 0.6 is 36.2 Å². The van der Waals surface area contributed by atoms with Crippen LogP contribution in [0.4, 0.5) is 11.4 Å². The van der Waals surface area contributed by atoms with E-state index < -0.39 is 0 Å². The summed E-state index contributed by atoms with van der Waals surface area (Å²) in [6.07, 6.45) is 3.59. The Labute approximate surface area is 165 Å². The number of piperidine rings is 1. The topological polar surface area (TPSA) is 51.2 Å². The number of fused-ring (bicyclic) bond motifs is 1. The summed E-state index contributed by atoms with van der Waals surface area (Å²) in [6.45, 7) is 3.40. The molecule has 1 aromatic carbocycles. The van der Waals surface area contributed by atoms with E-state index in [2.05, 4.69) is 33.7 Å². The number of nitrogens with zero attached hydrogens (tertiary/aromatic N) is 1. The van der Waals surface area contributed by atoms with E-state index in [4.69, 9.17) is 5.41 Å². The van der Waals surface area contributed by atoms with Crippen molar-refractivity contribution >= 4 is 53.4 Å². The van der Waals surface area contributed by atoms with E-state index in [0.717, 1.165) is 36.6 Å². The Hall–Kier alpha value is -1.27. The minimum Gasteiger partial charge on any atom is -0.368 e. The molecule has 0 atom stereocenters. The molecule has 2 aliphatic rings. The molecule has 0 aliphatic carbocycles. The number of benzene rings is 1. The van der Waals surface area contributed by atoms with Gasteiger partial charge in [0.2, 0.25) is 0 Å². The molecule has 1 aromatic heterocycles. The van der Waals surface area contributed by atoms with Crippen molar-refractivity contribution in [2.24, 2.45) is 0 Å². The molecule has 4 rings (SSSR count). The molecule has 0 saturated carbocycles. The number of rotatable bonds is 3. The Kier molecular flexibility index (Phi) is 7.14. The highest BCUT2D eigenvalue weighted by molar-refractivity contribution is 7.12. The van der Waals surface area contributed by atoms with Crippen LogP contribution in [-0.2, 0) is 6.42 Å². The van der Waals surface area contributed by atoms with Gasteiger partial charge in [-0.05, 0) is 67.6 Å². The molecule has 0 amide bonds. The second-order valence-electron chi connectivity index (χ2n) is 6.25. The zero-order chi connectivity index (χ0) is 15.6. The lowest BCUT2D eigenvalue weighted by Gasteiger charge is -2.33. The van der Waals surface area contributed by atoms with Crippen LogP contribution < -0.4 is 15.5 Å². The monoisotopic (exact) mass is 398 g/mol. The number of thiophene rings is 1. The third kappa shape index (κ3) is 4.29. The van der Waals surface area contributed by atoms with Crippen molar-refractivity contribution in [1.29, 1.82) is 5.41 Å². The van der Waals surface area contributed by atoms with Crippen LogP contribution in [0.3, 0.4) is 0 Å². The smallest absolute Gasteiger partial charge is 0.140 e. The first kappa shape index (κ1) is 20.0. The van der Waals surface area contributed by atoms with Crippen molar-refractivity contribution in [3.05, 3.63) is 46.2 Å². The first-order valence-electron chi connectivity index (χ1n) is 8.31. The molecule has 4 nitrogen and oxygen atoms in total. The first-order valence-corrected chi connectivity index (χ1v) is 9.19. The summed E-state index contributed by atoms with van der Waals surface area (Å²) >= 11 is 1.59. The molecule has 3 N–H and O–H groups in total. The van der Waals surface area contributed by atoms with E-state index in [-0.39, 0.29) is 24.8 Å². The van der Waals surface area contributed by atoms with E-state index >= 15 is 0 Å². The number of nitrogens with one attached hydrogen (secondary N) is 3. The molecule has 1 saturated heterocycles. The lowest BCUT2D eigenvalue weighted by atomic mass is 10.0. The fraction of sp³-hybridized carbons (Fsp3) is 0.389. The second kappa shape index (κ2) is 8.90. The van der Waals surface area contributed by atoms with Gasteiger partial charge in [-0.1, -0.05) is 6.07 Å². The summed E-state index contributed by atoms with van der Waals surface area (Å²) in [5.74, 6) is 0.480. The summed E-state index contributed by atoms with van der Waals surface area (Å²) < 4.78 is 0. The van der Waals surface area contributed by atoms with Crippen LogP contribution in [0.1, 0.15) is 23.3 Å². The van der Waals surface area contributed by atoms with Crippen molar-refractivity contribution in [3.63, 3.8) is 0 Å². The largest absolute Gasteiger partial charge is 0.368 e. The number of hydrogen-bond donors (Lipinski definition) is 3. The molecule has 0 radical (unpaired) electrons. The highest BCUT2D eigenvalue weighted by Gasteiger charge is 2.27. The van der Waals surface area contributed by atoms with Gasteiger partial charge < -0.3 is 15.5 Å². The highest BCUT2D eigenvalue weighted by atomic mass is 35.5. The van der Waals surface area contributed by atoms with Gasteiger partial charge in [-0.25, -0.2) is 0 Å². The molecule has 0 unspecified atom stereocenters. The van der Waals surface area contributed by atoms with E-state index in [9.17, 15) is 0 Å². The number of hydrogen-bond acceptors (Lipinski definition) is 4. The van der Waals surface area contributed by atoms with Gasteiger partial charge in [0.15, 0.2) is 0 Å². The Morgan fingerprint density at radius 2 is 2.00 bits per heavy atom. The maximum Gasteiger partial charge on any atom is 0.140 e. The molecule has 136 valence electrons. The zero-order valence-corrected chi connectivity index (χ0v) is 16.4. The van der Waals surface area contributed by atoms with Crippen LogP contribution in [-0.4, -0.2) is 31.5 Å². The Morgan fingerprint density at radius 3 is 2.72 bits per heavy atom. The predicted molar refractivity (Wildman–Crippen MR) is 113 cm³/mol. The van der Waals surface area contributed by atoms with E-state index in [1.807, 2.05) is 17.5 Å².